The summed E-state index contributed by atoms with van der Waals surface area (Å²) >= 11 is 0. The van der Waals surface area contributed by atoms with E-state index < -0.39 is 0 Å². The maximum atomic E-state index is 10.4. The predicted octanol–water partition coefficient (Wildman–Crippen LogP) is 3.77. The zero-order valence-corrected chi connectivity index (χ0v) is 10.6. The van der Waals surface area contributed by atoms with Crippen LogP contribution in [0.15, 0.2) is 17.1 Å². The molecule has 0 bridgehead atoms. The van der Waals surface area contributed by atoms with Crippen LogP contribution in [0.3, 0.4) is 0 Å². The lowest BCUT2D eigenvalue weighted by atomic mass is 9.91. The van der Waals surface area contributed by atoms with Gasteiger partial charge in [0, 0.05) is 0 Å². The van der Waals surface area contributed by atoms with Gasteiger partial charge in [-0.25, -0.2) is 4.79 Å². The first-order valence-corrected chi connectivity index (χ1v) is 5.67. The van der Waals surface area contributed by atoms with Crippen molar-refractivity contribution in [3.8, 4) is 6.07 Å². The van der Waals surface area contributed by atoms with Crippen molar-refractivity contribution >= 4 is 11.8 Å². The molecule has 0 heterocycles. The highest BCUT2D eigenvalue weighted by Gasteiger charge is 2.14. The van der Waals surface area contributed by atoms with Gasteiger partial charge in [0.1, 0.15) is 6.07 Å². The van der Waals surface area contributed by atoms with Gasteiger partial charge in [-0.3, -0.25) is 0 Å². The number of nitrogens with zero attached hydrogens (tertiary/aromatic N) is 2. The summed E-state index contributed by atoms with van der Waals surface area (Å²) in [6, 6.07) is 5.92. The fourth-order valence-corrected chi connectivity index (χ4v) is 1.71. The van der Waals surface area contributed by atoms with E-state index in [0.29, 0.717) is 17.2 Å². The Kier molecular flexibility index (Phi) is 4.20. The minimum absolute atomic E-state index is 0.216. The van der Waals surface area contributed by atoms with E-state index in [1.807, 2.05) is 19.9 Å². The third kappa shape index (κ3) is 2.81. The molecule has 0 aliphatic rings. The van der Waals surface area contributed by atoms with Crippen LogP contribution in [0.5, 0.6) is 0 Å². The van der Waals surface area contributed by atoms with E-state index in [1.54, 1.807) is 6.07 Å². The van der Waals surface area contributed by atoms with Crippen molar-refractivity contribution in [1.29, 1.82) is 5.26 Å². The quantitative estimate of drug-likeness (QED) is 0.584. The number of rotatable bonds is 3. The van der Waals surface area contributed by atoms with Crippen molar-refractivity contribution < 1.29 is 4.79 Å². The number of hydrogen-bond acceptors (Lipinski definition) is 3. The smallest absolute Gasteiger partial charge is 0.211 e. The maximum Gasteiger partial charge on any atom is 0.240 e. The van der Waals surface area contributed by atoms with Crippen LogP contribution in [0.4, 0.5) is 5.69 Å². The SMILES string of the molecule is CC(C)c1cc(C#N)c(N=C=O)c(C(C)C)c1. The molecule has 17 heavy (non-hydrogen) atoms. The van der Waals surface area contributed by atoms with E-state index in [2.05, 4.69) is 24.9 Å². The molecule has 0 amide bonds. The summed E-state index contributed by atoms with van der Waals surface area (Å²) in [5.74, 6) is 0.557. The molecule has 0 atom stereocenters. The van der Waals surface area contributed by atoms with Gasteiger partial charge in [-0.15, -0.1) is 0 Å². The molecule has 3 heteroatoms. The fraction of sp³-hybridized carbons (Fsp3) is 0.429. The molecule has 0 radical (unpaired) electrons. The summed E-state index contributed by atoms with van der Waals surface area (Å²) in [4.78, 5) is 14.1. The third-order valence-electron chi connectivity index (χ3n) is 2.73. The highest BCUT2D eigenvalue weighted by atomic mass is 16.1. The predicted molar refractivity (Wildman–Crippen MR) is 67.1 cm³/mol. The van der Waals surface area contributed by atoms with Crippen LogP contribution >= 0.6 is 0 Å². The first-order valence-electron chi connectivity index (χ1n) is 5.67. The molecule has 1 aromatic carbocycles. The van der Waals surface area contributed by atoms with Crippen molar-refractivity contribution in [3.63, 3.8) is 0 Å². The number of isocyanates is 1. The third-order valence-corrected chi connectivity index (χ3v) is 2.73. The summed E-state index contributed by atoms with van der Waals surface area (Å²) in [5.41, 5.74) is 2.93. The lowest BCUT2D eigenvalue weighted by Gasteiger charge is -2.14. The van der Waals surface area contributed by atoms with Crippen LogP contribution in [-0.4, -0.2) is 6.08 Å². The second kappa shape index (κ2) is 5.43. The van der Waals surface area contributed by atoms with Crippen molar-refractivity contribution in [2.24, 2.45) is 4.99 Å². The summed E-state index contributed by atoms with van der Waals surface area (Å²) in [7, 11) is 0. The molecule has 3 nitrogen and oxygen atoms in total. The van der Waals surface area contributed by atoms with E-state index in [0.717, 1.165) is 11.1 Å². The maximum absolute atomic E-state index is 10.4. The van der Waals surface area contributed by atoms with Crippen LogP contribution < -0.4 is 0 Å². The van der Waals surface area contributed by atoms with Crippen LogP contribution in [0, 0.1) is 11.3 Å². The minimum atomic E-state index is 0.216. The Morgan fingerprint density at radius 3 is 2.24 bits per heavy atom. The van der Waals surface area contributed by atoms with Gasteiger partial charge in [-0.1, -0.05) is 33.8 Å². The number of hydrogen-bond donors (Lipinski definition) is 0. The van der Waals surface area contributed by atoms with Gasteiger partial charge >= 0.3 is 0 Å². The Morgan fingerprint density at radius 1 is 1.18 bits per heavy atom. The number of carbonyl (C=O) groups excluding carboxylic acids is 1. The first kappa shape index (κ1) is 13.2. The molecule has 0 aliphatic heterocycles. The van der Waals surface area contributed by atoms with Gasteiger partial charge in [0.15, 0.2) is 0 Å². The molecule has 0 fully saturated rings. The van der Waals surface area contributed by atoms with Gasteiger partial charge in [0.25, 0.3) is 0 Å². The van der Waals surface area contributed by atoms with E-state index in [4.69, 9.17) is 5.26 Å². The van der Waals surface area contributed by atoms with Crippen LogP contribution in [0.25, 0.3) is 0 Å². The second-order valence-electron chi connectivity index (χ2n) is 4.63. The summed E-state index contributed by atoms with van der Waals surface area (Å²) in [6.07, 6.45) is 1.53. The molecule has 0 aliphatic carbocycles. The van der Waals surface area contributed by atoms with E-state index >= 15 is 0 Å². The Bertz CT molecular complexity index is 504. The molecule has 0 unspecified atom stereocenters. The Labute approximate surface area is 102 Å². The van der Waals surface area contributed by atoms with Gasteiger partial charge in [0.2, 0.25) is 6.08 Å². The lowest BCUT2D eigenvalue weighted by Crippen LogP contribution is -1.96. The van der Waals surface area contributed by atoms with Crippen molar-refractivity contribution in [1.82, 2.24) is 0 Å². The summed E-state index contributed by atoms with van der Waals surface area (Å²) in [6.45, 7) is 8.18. The Balaban J connectivity index is 3.58. The van der Waals surface area contributed by atoms with Gasteiger partial charge < -0.3 is 0 Å². The molecule has 0 saturated carbocycles. The van der Waals surface area contributed by atoms with Crippen molar-refractivity contribution in [3.05, 3.63) is 28.8 Å². The summed E-state index contributed by atoms with van der Waals surface area (Å²) in [5, 5.41) is 9.12. The van der Waals surface area contributed by atoms with Gasteiger partial charge in [-0.05, 0) is 29.0 Å². The zero-order chi connectivity index (χ0) is 13.0. The molecular formula is C14H16N2O. The second-order valence-corrected chi connectivity index (χ2v) is 4.63. The molecule has 88 valence electrons. The first-order chi connectivity index (χ1) is 8.01. The molecular weight excluding hydrogens is 212 g/mol. The normalized spacial score (nSPS) is 10.2. The van der Waals surface area contributed by atoms with Crippen LogP contribution in [0.2, 0.25) is 0 Å². The van der Waals surface area contributed by atoms with Crippen LogP contribution in [0.1, 0.15) is 56.2 Å². The molecule has 0 spiro atoms. The molecule has 0 saturated heterocycles. The number of nitriles is 1. The number of aliphatic imine (C=N–C) groups is 1. The summed E-state index contributed by atoms with van der Waals surface area (Å²) < 4.78 is 0. The van der Waals surface area contributed by atoms with Crippen molar-refractivity contribution in [2.45, 2.75) is 39.5 Å². The fourth-order valence-electron chi connectivity index (χ4n) is 1.71. The highest BCUT2D eigenvalue weighted by Crippen LogP contribution is 2.33. The van der Waals surface area contributed by atoms with Gasteiger partial charge in [-0.2, -0.15) is 10.3 Å². The molecule has 0 aromatic heterocycles. The largest absolute Gasteiger partial charge is 0.240 e. The standard InChI is InChI=1S/C14H16N2O/c1-9(2)11-5-12(7-15)14(16-8-17)13(6-11)10(3)4/h5-6,9-10H,1-4H3. The Morgan fingerprint density at radius 2 is 1.82 bits per heavy atom. The minimum Gasteiger partial charge on any atom is -0.211 e. The zero-order valence-electron chi connectivity index (χ0n) is 10.6. The van der Waals surface area contributed by atoms with Gasteiger partial charge in [0.05, 0.1) is 11.3 Å². The highest BCUT2D eigenvalue weighted by molar-refractivity contribution is 5.65. The molecule has 0 N–H and O–H groups in total. The number of benzene rings is 1. The average molecular weight is 228 g/mol. The van der Waals surface area contributed by atoms with E-state index in [-0.39, 0.29) is 5.92 Å². The molecule has 1 rings (SSSR count). The van der Waals surface area contributed by atoms with E-state index in [1.165, 1.54) is 6.08 Å². The lowest BCUT2D eigenvalue weighted by molar-refractivity contribution is 0.565. The van der Waals surface area contributed by atoms with E-state index in [9.17, 15) is 4.79 Å². The molecule has 1 aromatic rings. The average Bonchev–Trinajstić information content (AvgIpc) is 2.28. The van der Waals surface area contributed by atoms with Crippen molar-refractivity contribution in [2.75, 3.05) is 0 Å². The topological polar surface area (TPSA) is 53.2 Å². The Hall–Kier alpha value is -1.91. The monoisotopic (exact) mass is 228 g/mol. The van der Waals surface area contributed by atoms with Crippen LogP contribution in [-0.2, 0) is 4.79 Å².